The van der Waals surface area contributed by atoms with E-state index in [2.05, 4.69) is 23.7 Å². The first kappa shape index (κ1) is 21.1. The van der Waals surface area contributed by atoms with Gasteiger partial charge in [0.2, 0.25) is 0 Å². The number of pyridine rings is 1. The highest BCUT2D eigenvalue weighted by Crippen LogP contribution is 2.30. The van der Waals surface area contributed by atoms with Crippen LogP contribution in [-0.4, -0.2) is 4.98 Å². The fourth-order valence-electron chi connectivity index (χ4n) is 3.65. The van der Waals surface area contributed by atoms with Crippen LogP contribution < -0.4 is 0 Å². The Kier molecular flexibility index (Phi) is 7.09. The Hall–Kier alpha value is -2.61. The van der Waals surface area contributed by atoms with Crippen molar-refractivity contribution in [3.05, 3.63) is 65.4 Å². The van der Waals surface area contributed by atoms with Crippen molar-refractivity contribution in [3.63, 3.8) is 0 Å². The standard InChI is InChI=1S/C24H23F4N/c1-2-3-18-9-11-23(29-15-18)19-13-21(25)20(22(26)14-19)10-8-16-4-6-17(7-5-16)12-24(27)28/h9,11-17H,2-7H2,1H3. The van der Waals surface area contributed by atoms with E-state index in [9.17, 15) is 17.6 Å². The summed E-state index contributed by atoms with van der Waals surface area (Å²) in [6, 6.07) is 6.18. The number of hydrogen-bond donors (Lipinski definition) is 0. The first-order chi connectivity index (χ1) is 14.0. The molecule has 2 aromatic rings. The molecule has 0 saturated heterocycles. The number of allylic oxidation sites excluding steroid dienone is 1. The summed E-state index contributed by atoms with van der Waals surface area (Å²) in [6.07, 6.45) is 5.49. The zero-order valence-corrected chi connectivity index (χ0v) is 16.3. The quantitative estimate of drug-likeness (QED) is 0.400. The minimum Gasteiger partial charge on any atom is -0.256 e. The SMILES string of the molecule is CCCc1ccc(-c2cc(F)c(C#CC3CCC(C=C(F)F)CC3)c(F)c2)nc1. The summed E-state index contributed by atoms with van der Waals surface area (Å²) >= 11 is 0. The fourth-order valence-corrected chi connectivity index (χ4v) is 3.65. The molecule has 0 spiro atoms. The Morgan fingerprint density at radius 2 is 1.79 bits per heavy atom. The molecule has 1 aromatic carbocycles. The van der Waals surface area contributed by atoms with Gasteiger partial charge in [-0.05, 0) is 67.9 Å². The Bertz CT molecular complexity index is 903. The van der Waals surface area contributed by atoms with Crippen LogP contribution in [-0.2, 0) is 6.42 Å². The van der Waals surface area contributed by atoms with Crippen LogP contribution >= 0.6 is 0 Å². The van der Waals surface area contributed by atoms with Gasteiger partial charge in [-0.15, -0.1) is 0 Å². The zero-order chi connectivity index (χ0) is 20.8. The van der Waals surface area contributed by atoms with Crippen molar-refractivity contribution in [2.75, 3.05) is 0 Å². The highest BCUT2D eigenvalue weighted by atomic mass is 19.3. The van der Waals surface area contributed by atoms with E-state index in [0.29, 0.717) is 36.9 Å². The lowest BCUT2D eigenvalue weighted by molar-refractivity contribution is 0.343. The highest BCUT2D eigenvalue weighted by Gasteiger charge is 2.19. The van der Waals surface area contributed by atoms with Gasteiger partial charge in [-0.25, -0.2) is 8.78 Å². The van der Waals surface area contributed by atoms with Crippen LogP contribution in [0, 0.1) is 35.3 Å². The molecule has 0 unspecified atom stereocenters. The molecule has 1 saturated carbocycles. The van der Waals surface area contributed by atoms with Gasteiger partial charge in [0, 0.05) is 17.7 Å². The van der Waals surface area contributed by atoms with Crippen molar-refractivity contribution >= 4 is 0 Å². The molecular formula is C24H23F4N. The largest absolute Gasteiger partial charge is 0.266 e. The summed E-state index contributed by atoms with van der Waals surface area (Å²) < 4.78 is 53.6. The molecule has 0 radical (unpaired) electrons. The molecule has 0 N–H and O–H groups in total. The minimum atomic E-state index is -1.65. The van der Waals surface area contributed by atoms with E-state index in [0.717, 1.165) is 24.5 Å². The lowest BCUT2D eigenvalue weighted by Gasteiger charge is -2.22. The molecule has 3 rings (SSSR count). The van der Waals surface area contributed by atoms with Crippen molar-refractivity contribution in [1.29, 1.82) is 0 Å². The van der Waals surface area contributed by atoms with Crippen molar-refractivity contribution in [2.45, 2.75) is 45.4 Å². The maximum atomic E-state index is 14.5. The lowest BCUT2D eigenvalue weighted by atomic mass is 9.82. The van der Waals surface area contributed by atoms with Crippen molar-refractivity contribution in [2.24, 2.45) is 11.8 Å². The van der Waals surface area contributed by atoms with E-state index in [1.807, 2.05) is 6.07 Å². The molecule has 1 aromatic heterocycles. The molecule has 1 fully saturated rings. The number of rotatable bonds is 4. The second kappa shape index (κ2) is 9.73. The van der Waals surface area contributed by atoms with Crippen molar-refractivity contribution < 1.29 is 17.6 Å². The van der Waals surface area contributed by atoms with Crippen LogP contribution in [0.15, 0.2) is 42.6 Å². The third-order valence-electron chi connectivity index (χ3n) is 5.24. The summed E-state index contributed by atoms with van der Waals surface area (Å²) in [6.45, 7) is 2.07. The van der Waals surface area contributed by atoms with E-state index in [-0.39, 0.29) is 17.4 Å². The van der Waals surface area contributed by atoms with Crippen LogP contribution in [0.1, 0.15) is 50.2 Å². The predicted octanol–water partition coefficient (Wildman–Crippen LogP) is 6.92. The number of hydrogen-bond acceptors (Lipinski definition) is 1. The fraction of sp³-hybridized carbons (Fsp3) is 0.375. The molecule has 1 heterocycles. The van der Waals surface area contributed by atoms with Crippen molar-refractivity contribution in [3.8, 4) is 23.1 Å². The van der Waals surface area contributed by atoms with Gasteiger partial charge in [0.1, 0.15) is 11.6 Å². The maximum Gasteiger partial charge on any atom is 0.266 e. The van der Waals surface area contributed by atoms with Crippen LogP contribution in [0.25, 0.3) is 11.3 Å². The third-order valence-corrected chi connectivity index (χ3v) is 5.24. The molecule has 5 heteroatoms. The molecule has 0 bridgehead atoms. The van der Waals surface area contributed by atoms with Crippen LogP contribution in [0.2, 0.25) is 0 Å². The molecule has 1 nitrogen and oxygen atoms in total. The van der Waals surface area contributed by atoms with E-state index >= 15 is 0 Å². The Morgan fingerprint density at radius 1 is 1.10 bits per heavy atom. The van der Waals surface area contributed by atoms with Crippen LogP contribution in [0.3, 0.4) is 0 Å². The average molecular weight is 401 g/mol. The van der Waals surface area contributed by atoms with E-state index in [4.69, 9.17) is 0 Å². The molecule has 29 heavy (non-hydrogen) atoms. The van der Waals surface area contributed by atoms with E-state index < -0.39 is 17.7 Å². The molecular weight excluding hydrogens is 378 g/mol. The molecule has 1 aliphatic carbocycles. The smallest absolute Gasteiger partial charge is 0.256 e. The Morgan fingerprint density at radius 3 is 2.34 bits per heavy atom. The first-order valence-electron chi connectivity index (χ1n) is 9.95. The number of nitrogens with zero attached hydrogens (tertiary/aromatic N) is 1. The van der Waals surface area contributed by atoms with Crippen molar-refractivity contribution in [1.82, 2.24) is 4.98 Å². The van der Waals surface area contributed by atoms with Crippen LogP contribution in [0.5, 0.6) is 0 Å². The summed E-state index contributed by atoms with van der Waals surface area (Å²) in [5, 5.41) is 0. The summed E-state index contributed by atoms with van der Waals surface area (Å²) in [5.41, 5.74) is 1.70. The second-order valence-electron chi connectivity index (χ2n) is 7.45. The number of aryl methyl sites for hydroxylation is 1. The monoisotopic (exact) mass is 401 g/mol. The third kappa shape index (κ3) is 5.69. The molecule has 0 amide bonds. The first-order valence-corrected chi connectivity index (χ1v) is 9.95. The molecule has 0 atom stereocenters. The second-order valence-corrected chi connectivity index (χ2v) is 7.45. The van der Waals surface area contributed by atoms with Gasteiger partial charge in [0.25, 0.3) is 6.08 Å². The topological polar surface area (TPSA) is 12.9 Å². The number of benzene rings is 1. The van der Waals surface area contributed by atoms with Gasteiger partial charge < -0.3 is 0 Å². The zero-order valence-electron chi connectivity index (χ0n) is 16.3. The van der Waals surface area contributed by atoms with Gasteiger partial charge in [0.15, 0.2) is 0 Å². The minimum absolute atomic E-state index is 0.0337. The number of halogens is 4. The van der Waals surface area contributed by atoms with E-state index in [1.165, 1.54) is 12.1 Å². The predicted molar refractivity (Wildman–Crippen MR) is 106 cm³/mol. The van der Waals surface area contributed by atoms with Gasteiger partial charge in [0.05, 0.1) is 11.3 Å². The van der Waals surface area contributed by atoms with Gasteiger partial charge >= 0.3 is 0 Å². The number of aromatic nitrogens is 1. The Balaban J connectivity index is 1.72. The normalized spacial score (nSPS) is 18.7. The summed E-state index contributed by atoms with van der Waals surface area (Å²) in [4.78, 5) is 4.30. The van der Waals surface area contributed by atoms with E-state index in [1.54, 1.807) is 12.3 Å². The molecule has 1 aliphatic rings. The average Bonchev–Trinajstić information content (AvgIpc) is 2.69. The Labute approximate surface area is 168 Å². The molecule has 0 aliphatic heterocycles. The summed E-state index contributed by atoms with van der Waals surface area (Å²) in [7, 11) is 0. The maximum absolute atomic E-state index is 14.5. The highest BCUT2D eigenvalue weighted by molar-refractivity contribution is 5.61. The van der Waals surface area contributed by atoms with Gasteiger partial charge in [-0.2, -0.15) is 8.78 Å². The molecule has 152 valence electrons. The van der Waals surface area contributed by atoms with Gasteiger partial charge in [-0.1, -0.05) is 31.3 Å². The lowest BCUT2D eigenvalue weighted by Crippen LogP contribution is -2.11. The van der Waals surface area contributed by atoms with Gasteiger partial charge in [-0.3, -0.25) is 4.98 Å². The van der Waals surface area contributed by atoms with Crippen LogP contribution in [0.4, 0.5) is 17.6 Å². The summed E-state index contributed by atoms with van der Waals surface area (Å²) in [5.74, 6) is 3.94.